The molecule has 0 radical (unpaired) electrons. The zero-order valence-corrected chi connectivity index (χ0v) is 12.5. The second kappa shape index (κ2) is 5.99. The Bertz CT molecular complexity index is 782. The van der Waals surface area contributed by atoms with Crippen molar-refractivity contribution < 1.29 is 4.79 Å². The monoisotopic (exact) mass is 292 g/mol. The van der Waals surface area contributed by atoms with Crippen molar-refractivity contribution in [3.05, 3.63) is 33.1 Å². The van der Waals surface area contributed by atoms with Gasteiger partial charge in [-0.1, -0.05) is 0 Å². The van der Waals surface area contributed by atoms with E-state index in [1.165, 1.54) is 9.13 Å². The number of fused-ring (bicyclic) bond motifs is 1. The summed E-state index contributed by atoms with van der Waals surface area (Å²) in [6, 6.07) is 1.66. The summed E-state index contributed by atoms with van der Waals surface area (Å²) in [7, 11) is 0. The molecule has 0 saturated heterocycles. The molecule has 7 heteroatoms. The van der Waals surface area contributed by atoms with Gasteiger partial charge in [0.05, 0.1) is 5.39 Å². The Morgan fingerprint density at radius 3 is 2.38 bits per heavy atom. The van der Waals surface area contributed by atoms with Gasteiger partial charge < -0.3 is 9.88 Å². The minimum Gasteiger partial charge on any atom is -0.355 e. The highest BCUT2D eigenvalue weighted by molar-refractivity contribution is 5.80. The number of hydrogen-bond acceptors (Lipinski definition) is 3. The molecule has 0 aliphatic carbocycles. The van der Waals surface area contributed by atoms with Gasteiger partial charge >= 0.3 is 5.69 Å². The molecule has 0 aliphatic heterocycles. The molecule has 21 heavy (non-hydrogen) atoms. The van der Waals surface area contributed by atoms with E-state index in [9.17, 15) is 14.4 Å². The summed E-state index contributed by atoms with van der Waals surface area (Å²) < 4.78 is 4.38. The smallest absolute Gasteiger partial charge is 0.332 e. The Hall–Kier alpha value is -2.31. The number of aryl methyl sites for hydroxylation is 1. The highest BCUT2D eigenvalue weighted by Crippen LogP contribution is 2.10. The topological polar surface area (TPSA) is 78.0 Å². The van der Waals surface area contributed by atoms with Crippen molar-refractivity contribution in [1.29, 1.82) is 0 Å². The van der Waals surface area contributed by atoms with Crippen molar-refractivity contribution in [2.24, 2.45) is 0 Å². The van der Waals surface area contributed by atoms with Crippen LogP contribution in [0.25, 0.3) is 11.0 Å². The summed E-state index contributed by atoms with van der Waals surface area (Å²) in [5, 5.41) is 3.17. The van der Waals surface area contributed by atoms with Gasteiger partial charge in [-0.05, 0) is 26.8 Å². The van der Waals surface area contributed by atoms with E-state index in [2.05, 4.69) is 5.32 Å². The standard InChI is InChI=1S/C14H20N4O3/c1-4-15-11(19)9-16-8-7-10-12(16)17(5-2)14(21)18(6-3)13(10)20/h7-8H,4-6,9H2,1-3H3,(H,15,19). The molecule has 0 fully saturated rings. The first kappa shape index (κ1) is 15.1. The third kappa shape index (κ3) is 2.51. The summed E-state index contributed by atoms with van der Waals surface area (Å²) in [6.07, 6.45) is 1.67. The van der Waals surface area contributed by atoms with Gasteiger partial charge in [-0.3, -0.25) is 18.7 Å². The van der Waals surface area contributed by atoms with Crippen LogP contribution < -0.4 is 16.6 Å². The first-order valence-electron chi connectivity index (χ1n) is 7.14. The summed E-state index contributed by atoms with van der Waals surface area (Å²) in [4.78, 5) is 36.4. The number of aromatic nitrogens is 3. The summed E-state index contributed by atoms with van der Waals surface area (Å²) in [6.45, 7) is 6.85. The van der Waals surface area contributed by atoms with Gasteiger partial charge in [0.25, 0.3) is 5.56 Å². The first-order valence-corrected chi connectivity index (χ1v) is 7.14. The minimum absolute atomic E-state index is 0.0896. The van der Waals surface area contributed by atoms with E-state index in [-0.39, 0.29) is 23.7 Å². The second-order valence-corrected chi connectivity index (χ2v) is 4.71. The highest BCUT2D eigenvalue weighted by atomic mass is 16.2. The molecule has 0 spiro atoms. The molecule has 0 unspecified atom stereocenters. The Labute approximate surface area is 121 Å². The lowest BCUT2D eigenvalue weighted by Crippen LogP contribution is -2.40. The SMILES string of the molecule is CCNC(=O)Cn1ccc2c(=O)n(CC)c(=O)n(CC)c21. The fourth-order valence-electron chi connectivity index (χ4n) is 2.50. The van der Waals surface area contributed by atoms with E-state index in [0.29, 0.717) is 30.7 Å². The van der Waals surface area contributed by atoms with Crippen molar-refractivity contribution in [3.63, 3.8) is 0 Å². The zero-order valence-electron chi connectivity index (χ0n) is 12.5. The van der Waals surface area contributed by atoms with Crippen LogP contribution in [0, 0.1) is 0 Å². The molecule has 2 rings (SSSR count). The second-order valence-electron chi connectivity index (χ2n) is 4.71. The molecule has 7 nitrogen and oxygen atoms in total. The Kier molecular flexibility index (Phi) is 4.30. The van der Waals surface area contributed by atoms with Crippen LogP contribution in [-0.4, -0.2) is 26.2 Å². The molecule has 1 N–H and O–H groups in total. The average molecular weight is 292 g/mol. The van der Waals surface area contributed by atoms with Crippen LogP contribution in [0.4, 0.5) is 0 Å². The predicted octanol–water partition coefficient (Wildman–Crippen LogP) is 0.141. The highest BCUT2D eigenvalue weighted by Gasteiger charge is 2.16. The van der Waals surface area contributed by atoms with Crippen molar-refractivity contribution >= 4 is 16.9 Å². The van der Waals surface area contributed by atoms with Crippen molar-refractivity contribution in [2.75, 3.05) is 6.54 Å². The lowest BCUT2D eigenvalue weighted by Gasteiger charge is -2.12. The largest absolute Gasteiger partial charge is 0.355 e. The van der Waals surface area contributed by atoms with Crippen molar-refractivity contribution in [3.8, 4) is 0 Å². The lowest BCUT2D eigenvalue weighted by molar-refractivity contribution is -0.121. The van der Waals surface area contributed by atoms with Crippen LogP contribution in [-0.2, 0) is 24.4 Å². The van der Waals surface area contributed by atoms with E-state index in [1.54, 1.807) is 23.8 Å². The fourth-order valence-corrected chi connectivity index (χ4v) is 2.50. The lowest BCUT2D eigenvalue weighted by atomic mass is 10.4. The van der Waals surface area contributed by atoms with Gasteiger partial charge in [0, 0.05) is 25.8 Å². The average Bonchev–Trinajstić information content (AvgIpc) is 2.84. The van der Waals surface area contributed by atoms with Gasteiger partial charge in [-0.2, -0.15) is 0 Å². The van der Waals surface area contributed by atoms with Crippen LogP contribution in [0.1, 0.15) is 20.8 Å². The first-order chi connectivity index (χ1) is 10.0. The van der Waals surface area contributed by atoms with E-state index in [0.717, 1.165) is 0 Å². The molecular weight excluding hydrogens is 272 g/mol. The minimum atomic E-state index is -0.339. The van der Waals surface area contributed by atoms with Gasteiger partial charge in [0.1, 0.15) is 12.2 Å². The van der Waals surface area contributed by atoms with Gasteiger partial charge in [0.2, 0.25) is 5.91 Å². The summed E-state index contributed by atoms with van der Waals surface area (Å²) >= 11 is 0. The normalized spacial score (nSPS) is 11.0. The number of carbonyl (C=O) groups is 1. The number of rotatable bonds is 5. The Morgan fingerprint density at radius 2 is 1.81 bits per heavy atom. The molecular formula is C14H20N4O3. The van der Waals surface area contributed by atoms with Crippen LogP contribution >= 0.6 is 0 Å². The summed E-state index contributed by atoms with van der Waals surface area (Å²) in [5.74, 6) is -0.148. The fraction of sp³-hybridized carbons (Fsp3) is 0.500. The third-order valence-corrected chi connectivity index (χ3v) is 3.45. The third-order valence-electron chi connectivity index (χ3n) is 3.45. The Morgan fingerprint density at radius 1 is 1.14 bits per heavy atom. The van der Waals surface area contributed by atoms with E-state index >= 15 is 0 Å². The van der Waals surface area contributed by atoms with Crippen molar-refractivity contribution in [1.82, 2.24) is 19.0 Å². The molecule has 0 aliphatic rings. The number of nitrogens with one attached hydrogen (secondary N) is 1. The zero-order chi connectivity index (χ0) is 15.6. The molecule has 0 bridgehead atoms. The number of likely N-dealkylation sites (N-methyl/N-ethyl adjacent to an activating group) is 1. The molecule has 1 amide bonds. The van der Waals surface area contributed by atoms with Gasteiger partial charge in [-0.25, -0.2) is 4.79 Å². The molecule has 114 valence electrons. The van der Waals surface area contributed by atoms with Crippen LogP contribution in [0.15, 0.2) is 21.9 Å². The molecule has 2 heterocycles. The predicted molar refractivity (Wildman–Crippen MR) is 80.5 cm³/mol. The number of carbonyl (C=O) groups excluding carboxylic acids is 1. The van der Waals surface area contributed by atoms with E-state index in [1.807, 2.05) is 13.8 Å². The maximum atomic E-state index is 12.3. The Balaban J connectivity index is 2.69. The maximum Gasteiger partial charge on any atom is 0.332 e. The van der Waals surface area contributed by atoms with E-state index < -0.39 is 0 Å². The van der Waals surface area contributed by atoms with Crippen LogP contribution in [0.5, 0.6) is 0 Å². The van der Waals surface area contributed by atoms with Crippen molar-refractivity contribution in [2.45, 2.75) is 40.4 Å². The number of hydrogen-bond donors (Lipinski definition) is 1. The number of nitrogens with zero attached hydrogens (tertiary/aromatic N) is 3. The van der Waals surface area contributed by atoms with Crippen LogP contribution in [0.2, 0.25) is 0 Å². The quantitative estimate of drug-likeness (QED) is 0.851. The molecule has 2 aromatic heterocycles. The molecule has 0 saturated carbocycles. The molecule has 2 aromatic rings. The van der Waals surface area contributed by atoms with Gasteiger partial charge in [-0.15, -0.1) is 0 Å². The van der Waals surface area contributed by atoms with E-state index in [4.69, 9.17) is 0 Å². The van der Waals surface area contributed by atoms with Gasteiger partial charge in [0.15, 0.2) is 0 Å². The number of amides is 1. The summed E-state index contributed by atoms with van der Waals surface area (Å²) in [5.41, 5.74) is -0.145. The maximum absolute atomic E-state index is 12.3. The van der Waals surface area contributed by atoms with Crippen LogP contribution in [0.3, 0.4) is 0 Å². The molecule has 0 aromatic carbocycles. The molecule has 0 atom stereocenters.